The number of nitrogens with one attached hydrogen (secondary N) is 2. The van der Waals surface area contributed by atoms with Crippen molar-refractivity contribution in [1.29, 1.82) is 0 Å². The van der Waals surface area contributed by atoms with Crippen molar-refractivity contribution in [3.63, 3.8) is 0 Å². The van der Waals surface area contributed by atoms with Gasteiger partial charge in [0.25, 0.3) is 5.69 Å². The number of pyridine rings is 1. The van der Waals surface area contributed by atoms with Gasteiger partial charge in [-0.1, -0.05) is 26.8 Å². The molecule has 12 heteroatoms. The molecule has 2 atom stereocenters. The number of aromatic nitrogens is 1. The second kappa shape index (κ2) is 11.7. The first-order valence-corrected chi connectivity index (χ1v) is 13.9. The second-order valence-electron chi connectivity index (χ2n) is 10.9. The Hall–Kier alpha value is -4.97. The average Bonchev–Trinajstić information content (AvgIpc) is 3.61. The van der Waals surface area contributed by atoms with Crippen molar-refractivity contribution in [3.05, 3.63) is 94.5 Å². The van der Waals surface area contributed by atoms with Crippen molar-refractivity contribution in [2.45, 2.75) is 32.9 Å². The number of amides is 1. The van der Waals surface area contributed by atoms with Crippen LogP contribution in [0.1, 0.15) is 44.3 Å². The van der Waals surface area contributed by atoms with Crippen LogP contribution in [0.2, 0.25) is 0 Å². The number of methoxy groups -OCH3 is 2. The Morgan fingerprint density at radius 3 is 2.49 bits per heavy atom. The number of ether oxygens (including phenoxy) is 2. The Bertz CT molecular complexity index is 1680. The number of carbonyl (C=O) groups is 1. The standard InChI is InChI=1S/C31H31N5O6S/c1-31(2,3)29(37)33-21-12-10-18(16-26(21)41-5)35-28(27(34-30(35)43)22-8-6-7-15-32-22)24-14-13-23(42-24)20-11-9-19(36(38)39)17-25(20)40-4/h6-17,27-28H,1-5H3,(H,33,37)(H,34,43). The number of nitro groups is 1. The Morgan fingerprint density at radius 1 is 1.07 bits per heavy atom. The van der Waals surface area contributed by atoms with Crippen LogP contribution in [-0.2, 0) is 4.79 Å². The van der Waals surface area contributed by atoms with Gasteiger partial charge >= 0.3 is 0 Å². The molecule has 1 saturated heterocycles. The summed E-state index contributed by atoms with van der Waals surface area (Å²) in [7, 11) is 2.99. The lowest BCUT2D eigenvalue weighted by Crippen LogP contribution is -2.30. The highest BCUT2D eigenvalue weighted by Gasteiger charge is 2.43. The first-order valence-electron chi connectivity index (χ1n) is 13.4. The van der Waals surface area contributed by atoms with Crippen LogP contribution in [0, 0.1) is 15.5 Å². The molecule has 1 aliphatic rings. The number of anilines is 2. The van der Waals surface area contributed by atoms with Gasteiger partial charge in [0.1, 0.15) is 29.1 Å². The molecule has 2 aromatic carbocycles. The molecule has 0 radical (unpaired) electrons. The molecule has 0 saturated carbocycles. The number of hydrogen-bond acceptors (Lipinski definition) is 8. The van der Waals surface area contributed by atoms with E-state index < -0.39 is 16.4 Å². The molecule has 0 aliphatic carbocycles. The van der Waals surface area contributed by atoms with Crippen molar-refractivity contribution in [2.24, 2.45) is 5.41 Å². The van der Waals surface area contributed by atoms with Crippen LogP contribution in [-0.4, -0.2) is 35.1 Å². The lowest BCUT2D eigenvalue weighted by molar-refractivity contribution is -0.384. The van der Waals surface area contributed by atoms with E-state index in [1.165, 1.54) is 26.4 Å². The summed E-state index contributed by atoms with van der Waals surface area (Å²) in [5.41, 5.74) is 1.88. The number of thiocarbonyl (C=S) groups is 1. The predicted octanol–water partition coefficient (Wildman–Crippen LogP) is 6.43. The van der Waals surface area contributed by atoms with Crippen molar-refractivity contribution >= 4 is 40.3 Å². The fourth-order valence-corrected chi connectivity index (χ4v) is 5.16. The van der Waals surface area contributed by atoms with E-state index in [4.69, 9.17) is 26.1 Å². The fourth-order valence-electron chi connectivity index (χ4n) is 4.82. The minimum absolute atomic E-state index is 0.0878. The molecule has 0 bridgehead atoms. The summed E-state index contributed by atoms with van der Waals surface area (Å²) >= 11 is 5.84. The van der Waals surface area contributed by atoms with E-state index in [9.17, 15) is 14.9 Å². The highest BCUT2D eigenvalue weighted by Crippen LogP contribution is 2.45. The minimum atomic E-state index is -0.589. The number of nitro benzene ring substituents is 1. The van der Waals surface area contributed by atoms with E-state index in [0.29, 0.717) is 45.1 Å². The summed E-state index contributed by atoms with van der Waals surface area (Å²) in [6.07, 6.45) is 1.71. The third-order valence-electron chi connectivity index (χ3n) is 7.07. The quantitative estimate of drug-likeness (QED) is 0.132. The summed E-state index contributed by atoms with van der Waals surface area (Å²) < 4.78 is 17.5. The summed E-state index contributed by atoms with van der Waals surface area (Å²) in [5, 5.41) is 18.1. The molecule has 0 spiro atoms. The Labute approximate surface area is 254 Å². The molecular weight excluding hydrogens is 570 g/mol. The first-order chi connectivity index (χ1) is 20.5. The van der Waals surface area contributed by atoms with Crippen LogP contribution in [0.3, 0.4) is 0 Å². The lowest BCUT2D eigenvalue weighted by atomic mass is 9.95. The van der Waals surface area contributed by atoms with Gasteiger partial charge in [-0.3, -0.25) is 19.9 Å². The normalized spacial score (nSPS) is 16.5. The maximum absolute atomic E-state index is 12.7. The molecule has 1 amide bonds. The number of benzene rings is 2. The zero-order valence-corrected chi connectivity index (χ0v) is 25.1. The third kappa shape index (κ3) is 5.86. The molecule has 3 heterocycles. The van der Waals surface area contributed by atoms with Crippen molar-refractivity contribution in [1.82, 2.24) is 10.3 Å². The molecule has 222 valence electrons. The summed E-state index contributed by atoms with van der Waals surface area (Å²) in [5.74, 6) is 1.68. The summed E-state index contributed by atoms with van der Waals surface area (Å²) in [6.45, 7) is 5.51. The van der Waals surface area contributed by atoms with Gasteiger partial charge in [0.2, 0.25) is 5.91 Å². The topological polar surface area (TPSA) is 132 Å². The molecule has 2 N–H and O–H groups in total. The monoisotopic (exact) mass is 601 g/mol. The maximum Gasteiger partial charge on any atom is 0.273 e. The number of rotatable bonds is 8. The van der Waals surface area contributed by atoms with Crippen LogP contribution in [0.15, 0.2) is 77.3 Å². The van der Waals surface area contributed by atoms with Crippen LogP contribution in [0.5, 0.6) is 11.5 Å². The van der Waals surface area contributed by atoms with Crippen molar-refractivity contribution < 1.29 is 23.6 Å². The smallest absolute Gasteiger partial charge is 0.273 e. The molecule has 43 heavy (non-hydrogen) atoms. The van der Waals surface area contributed by atoms with Gasteiger partial charge in [-0.15, -0.1) is 0 Å². The third-order valence-corrected chi connectivity index (χ3v) is 7.38. The zero-order valence-electron chi connectivity index (χ0n) is 24.3. The molecular formula is C31H31N5O6S. The molecule has 4 aromatic rings. The maximum atomic E-state index is 12.7. The number of nitrogens with zero attached hydrogens (tertiary/aromatic N) is 3. The van der Waals surface area contributed by atoms with Gasteiger partial charge in [0.15, 0.2) is 5.11 Å². The van der Waals surface area contributed by atoms with Crippen LogP contribution < -0.4 is 25.0 Å². The minimum Gasteiger partial charge on any atom is -0.496 e. The molecule has 11 nitrogen and oxygen atoms in total. The van der Waals surface area contributed by atoms with Crippen molar-refractivity contribution in [2.75, 3.05) is 24.4 Å². The number of non-ortho nitro benzene ring substituents is 1. The largest absolute Gasteiger partial charge is 0.496 e. The van der Waals surface area contributed by atoms with E-state index in [1.807, 2.05) is 62.1 Å². The average molecular weight is 602 g/mol. The Balaban J connectivity index is 1.57. The fraction of sp³-hybridized carbons (Fsp3) is 0.258. The van der Waals surface area contributed by atoms with Gasteiger partial charge in [-0.25, -0.2) is 0 Å². The molecule has 1 aliphatic heterocycles. The predicted molar refractivity (Wildman–Crippen MR) is 166 cm³/mol. The SMILES string of the molecule is COc1cc(N2C(=S)NC(c3ccccn3)C2c2ccc(-c3ccc([N+](=O)[O-])cc3OC)o2)ccc1NC(=O)C(C)(C)C. The van der Waals surface area contributed by atoms with Gasteiger partial charge in [0, 0.05) is 29.4 Å². The summed E-state index contributed by atoms with van der Waals surface area (Å²) in [4.78, 5) is 30.0. The number of carbonyl (C=O) groups excluding carboxylic acids is 1. The van der Waals surface area contributed by atoms with Crippen LogP contribution in [0.4, 0.5) is 17.1 Å². The highest BCUT2D eigenvalue weighted by molar-refractivity contribution is 7.80. The number of hydrogen-bond donors (Lipinski definition) is 2. The lowest BCUT2D eigenvalue weighted by Gasteiger charge is -2.27. The second-order valence-corrected chi connectivity index (χ2v) is 11.3. The molecule has 2 unspecified atom stereocenters. The summed E-state index contributed by atoms with van der Waals surface area (Å²) in [6, 6.07) is 18.2. The molecule has 2 aromatic heterocycles. The number of furan rings is 1. The van der Waals surface area contributed by atoms with Gasteiger partial charge in [-0.05, 0) is 54.7 Å². The first kappa shape index (κ1) is 29.5. The van der Waals surface area contributed by atoms with E-state index in [1.54, 1.807) is 24.4 Å². The van der Waals surface area contributed by atoms with E-state index in [0.717, 1.165) is 5.69 Å². The van der Waals surface area contributed by atoms with Crippen molar-refractivity contribution in [3.8, 4) is 22.8 Å². The zero-order chi connectivity index (χ0) is 30.9. The Morgan fingerprint density at radius 2 is 1.84 bits per heavy atom. The van der Waals surface area contributed by atoms with E-state index in [-0.39, 0.29) is 17.6 Å². The Kier molecular flexibility index (Phi) is 8.05. The van der Waals surface area contributed by atoms with E-state index >= 15 is 0 Å². The molecule has 1 fully saturated rings. The highest BCUT2D eigenvalue weighted by atomic mass is 32.1. The van der Waals surface area contributed by atoms with Gasteiger partial charge in [-0.2, -0.15) is 0 Å². The van der Waals surface area contributed by atoms with Gasteiger partial charge in [0.05, 0.1) is 48.2 Å². The van der Waals surface area contributed by atoms with Crippen LogP contribution in [0.25, 0.3) is 11.3 Å². The molecule has 5 rings (SSSR count). The van der Waals surface area contributed by atoms with Crippen LogP contribution >= 0.6 is 12.2 Å². The van der Waals surface area contributed by atoms with E-state index in [2.05, 4.69) is 15.6 Å². The van der Waals surface area contributed by atoms with Gasteiger partial charge < -0.3 is 29.4 Å².